The maximum atomic E-state index is 10.5. The molecular weight excluding hydrogens is 154 g/mol. The monoisotopic (exact) mass is 171 g/mol. The standard InChI is InChI=1S/C9H17NO2/c1-2-10-6-4-3-5-8(10)7-9(11)12/h8H,2-7H2,1H3,(H,11,12). The first-order chi connectivity index (χ1) is 5.74. The second-order valence-corrected chi connectivity index (χ2v) is 3.38. The number of likely N-dealkylation sites (tertiary alicyclic amines) is 1. The van der Waals surface area contributed by atoms with Crippen molar-refractivity contribution in [2.24, 2.45) is 0 Å². The highest BCUT2D eigenvalue weighted by molar-refractivity contribution is 5.67. The molecule has 1 unspecified atom stereocenters. The smallest absolute Gasteiger partial charge is 0.304 e. The lowest BCUT2D eigenvalue weighted by atomic mass is 10.00. The molecule has 0 aromatic carbocycles. The van der Waals surface area contributed by atoms with Gasteiger partial charge in [-0.3, -0.25) is 4.79 Å². The van der Waals surface area contributed by atoms with Crippen LogP contribution in [0.5, 0.6) is 0 Å². The topological polar surface area (TPSA) is 40.5 Å². The lowest BCUT2D eigenvalue weighted by Crippen LogP contribution is -2.40. The second-order valence-electron chi connectivity index (χ2n) is 3.38. The van der Waals surface area contributed by atoms with Crippen LogP contribution in [0.2, 0.25) is 0 Å². The third-order valence-corrected chi connectivity index (χ3v) is 2.57. The molecule has 1 aliphatic heterocycles. The van der Waals surface area contributed by atoms with E-state index in [0.717, 1.165) is 19.5 Å². The SMILES string of the molecule is CCN1CCCCC1CC(=O)O. The molecular formula is C9H17NO2. The first-order valence-corrected chi connectivity index (χ1v) is 4.70. The van der Waals surface area contributed by atoms with E-state index in [-0.39, 0.29) is 0 Å². The average molecular weight is 171 g/mol. The molecule has 0 amide bonds. The van der Waals surface area contributed by atoms with Crippen molar-refractivity contribution in [1.29, 1.82) is 0 Å². The normalized spacial score (nSPS) is 25.6. The number of carboxylic acid groups (broad SMARTS) is 1. The fraction of sp³-hybridized carbons (Fsp3) is 0.889. The van der Waals surface area contributed by atoms with Crippen molar-refractivity contribution in [3.05, 3.63) is 0 Å². The third-order valence-electron chi connectivity index (χ3n) is 2.57. The van der Waals surface area contributed by atoms with E-state index in [1.165, 1.54) is 12.8 Å². The molecule has 0 radical (unpaired) electrons. The summed E-state index contributed by atoms with van der Waals surface area (Å²) >= 11 is 0. The number of nitrogens with zero attached hydrogens (tertiary/aromatic N) is 1. The molecule has 1 saturated heterocycles. The Morgan fingerprint density at radius 1 is 1.58 bits per heavy atom. The van der Waals surface area contributed by atoms with Crippen LogP contribution in [0.25, 0.3) is 0 Å². The van der Waals surface area contributed by atoms with E-state index in [1.54, 1.807) is 0 Å². The molecule has 0 spiro atoms. The highest BCUT2D eigenvalue weighted by Crippen LogP contribution is 2.18. The van der Waals surface area contributed by atoms with E-state index in [9.17, 15) is 4.79 Å². The quantitative estimate of drug-likeness (QED) is 0.696. The molecule has 70 valence electrons. The van der Waals surface area contributed by atoms with Gasteiger partial charge < -0.3 is 10.0 Å². The molecule has 0 aliphatic carbocycles. The average Bonchev–Trinajstić information content (AvgIpc) is 2.04. The molecule has 1 rings (SSSR count). The Labute approximate surface area is 73.4 Å². The minimum Gasteiger partial charge on any atom is -0.481 e. The van der Waals surface area contributed by atoms with Gasteiger partial charge in [-0.1, -0.05) is 13.3 Å². The predicted octanol–water partition coefficient (Wildman–Crippen LogP) is 1.34. The van der Waals surface area contributed by atoms with Gasteiger partial charge in [-0.2, -0.15) is 0 Å². The summed E-state index contributed by atoms with van der Waals surface area (Å²) in [5, 5.41) is 8.65. The summed E-state index contributed by atoms with van der Waals surface area (Å²) in [6.07, 6.45) is 3.78. The molecule has 0 aromatic rings. The Hall–Kier alpha value is -0.570. The summed E-state index contributed by atoms with van der Waals surface area (Å²) < 4.78 is 0. The van der Waals surface area contributed by atoms with Crippen LogP contribution in [-0.4, -0.2) is 35.1 Å². The molecule has 1 atom stereocenters. The number of rotatable bonds is 3. The van der Waals surface area contributed by atoms with Crippen LogP contribution in [0.4, 0.5) is 0 Å². The Morgan fingerprint density at radius 2 is 2.33 bits per heavy atom. The van der Waals surface area contributed by atoms with Crippen molar-refractivity contribution in [2.45, 2.75) is 38.6 Å². The highest BCUT2D eigenvalue weighted by Gasteiger charge is 2.22. The van der Waals surface area contributed by atoms with E-state index in [2.05, 4.69) is 11.8 Å². The summed E-state index contributed by atoms with van der Waals surface area (Å²) in [5.41, 5.74) is 0. The molecule has 12 heavy (non-hydrogen) atoms. The van der Waals surface area contributed by atoms with Gasteiger partial charge in [0.1, 0.15) is 0 Å². The van der Waals surface area contributed by atoms with Gasteiger partial charge in [0.2, 0.25) is 0 Å². The first-order valence-electron chi connectivity index (χ1n) is 4.70. The Balaban J connectivity index is 2.41. The summed E-state index contributed by atoms with van der Waals surface area (Å²) in [6, 6.07) is 0.293. The van der Waals surface area contributed by atoms with Crippen molar-refractivity contribution in [2.75, 3.05) is 13.1 Å². The van der Waals surface area contributed by atoms with Crippen LogP contribution in [0.15, 0.2) is 0 Å². The van der Waals surface area contributed by atoms with E-state index in [4.69, 9.17) is 5.11 Å². The Kier molecular flexibility index (Phi) is 3.53. The number of piperidine rings is 1. The zero-order valence-electron chi connectivity index (χ0n) is 7.62. The van der Waals surface area contributed by atoms with Gasteiger partial charge in [0.25, 0.3) is 0 Å². The van der Waals surface area contributed by atoms with Crippen LogP contribution in [0.3, 0.4) is 0 Å². The Bertz CT molecular complexity index is 159. The number of aliphatic carboxylic acids is 1. The fourth-order valence-electron chi connectivity index (χ4n) is 1.91. The highest BCUT2D eigenvalue weighted by atomic mass is 16.4. The first kappa shape index (κ1) is 9.52. The van der Waals surface area contributed by atoms with Gasteiger partial charge in [-0.15, -0.1) is 0 Å². The number of hydrogen-bond acceptors (Lipinski definition) is 2. The number of carbonyl (C=O) groups is 1. The van der Waals surface area contributed by atoms with Crippen LogP contribution in [-0.2, 0) is 4.79 Å². The van der Waals surface area contributed by atoms with Gasteiger partial charge >= 0.3 is 5.97 Å². The van der Waals surface area contributed by atoms with Crippen LogP contribution in [0, 0.1) is 0 Å². The summed E-state index contributed by atoms with van der Waals surface area (Å²) in [6.45, 7) is 4.16. The molecule has 3 heteroatoms. The van der Waals surface area contributed by atoms with Crippen molar-refractivity contribution in [1.82, 2.24) is 4.90 Å². The molecule has 0 saturated carbocycles. The fourth-order valence-corrected chi connectivity index (χ4v) is 1.91. The predicted molar refractivity (Wildman–Crippen MR) is 47.1 cm³/mol. The van der Waals surface area contributed by atoms with Gasteiger partial charge in [0, 0.05) is 6.04 Å². The molecule has 3 nitrogen and oxygen atoms in total. The number of hydrogen-bond donors (Lipinski definition) is 1. The summed E-state index contributed by atoms with van der Waals surface area (Å²) in [4.78, 5) is 12.8. The van der Waals surface area contributed by atoms with Crippen molar-refractivity contribution >= 4 is 5.97 Å². The lowest BCUT2D eigenvalue weighted by Gasteiger charge is -2.33. The Morgan fingerprint density at radius 3 is 2.92 bits per heavy atom. The van der Waals surface area contributed by atoms with Gasteiger partial charge in [0.15, 0.2) is 0 Å². The maximum absolute atomic E-state index is 10.5. The number of carboxylic acids is 1. The molecule has 1 fully saturated rings. The minimum absolute atomic E-state index is 0.293. The summed E-state index contributed by atoms with van der Waals surface area (Å²) in [7, 11) is 0. The van der Waals surface area contributed by atoms with Crippen molar-refractivity contribution in [3.8, 4) is 0 Å². The largest absolute Gasteiger partial charge is 0.481 e. The zero-order chi connectivity index (χ0) is 8.97. The molecule has 1 N–H and O–H groups in total. The second kappa shape index (κ2) is 4.45. The molecule has 0 aromatic heterocycles. The molecule has 1 heterocycles. The minimum atomic E-state index is -0.666. The lowest BCUT2D eigenvalue weighted by molar-refractivity contribution is -0.138. The third kappa shape index (κ3) is 2.48. The molecule has 0 bridgehead atoms. The summed E-state index contributed by atoms with van der Waals surface area (Å²) in [5.74, 6) is -0.666. The van der Waals surface area contributed by atoms with Crippen LogP contribution in [0.1, 0.15) is 32.6 Å². The van der Waals surface area contributed by atoms with Crippen LogP contribution < -0.4 is 0 Å². The van der Waals surface area contributed by atoms with Gasteiger partial charge in [-0.25, -0.2) is 0 Å². The van der Waals surface area contributed by atoms with E-state index < -0.39 is 5.97 Å². The van der Waals surface area contributed by atoms with Crippen LogP contribution >= 0.6 is 0 Å². The van der Waals surface area contributed by atoms with E-state index >= 15 is 0 Å². The van der Waals surface area contributed by atoms with Gasteiger partial charge in [0.05, 0.1) is 6.42 Å². The van der Waals surface area contributed by atoms with Gasteiger partial charge in [-0.05, 0) is 25.9 Å². The van der Waals surface area contributed by atoms with Crippen molar-refractivity contribution in [3.63, 3.8) is 0 Å². The molecule has 1 aliphatic rings. The van der Waals surface area contributed by atoms with Crippen molar-refractivity contribution < 1.29 is 9.90 Å². The zero-order valence-corrected chi connectivity index (χ0v) is 7.62. The maximum Gasteiger partial charge on any atom is 0.304 e. The van der Waals surface area contributed by atoms with E-state index in [1.807, 2.05) is 0 Å². The van der Waals surface area contributed by atoms with E-state index in [0.29, 0.717) is 12.5 Å².